The van der Waals surface area contributed by atoms with E-state index in [1.807, 2.05) is 0 Å². The Balaban J connectivity index is 2.14. The zero-order valence-electron chi connectivity index (χ0n) is 4.63. The summed E-state index contributed by atoms with van der Waals surface area (Å²) < 4.78 is 0. The molecule has 4 N–H and O–H groups in total. The standard InChI is InChI=1S/C5H10N2O/c6-4-1-3(4)2-5(7)8/h3-4H,1-2,6H2,(H2,7,8)/t3-,4?/m1/s1. The van der Waals surface area contributed by atoms with Crippen LogP contribution in [0.2, 0.25) is 0 Å². The van der Waals surface area contributed by atoms with Gasteiger partial charge in [0.25, 0.3) is 0 Å². The molecule has 3 heteroatoms. The number of hydrogen-bond acceptors (Lipinski definition) is 2. The van der Waals surface area contributed by atoms with E-state index in [-0.39, 0.29) is 11.9 Å². The van der Waals surface area contributed by atoms with Gasteiger partial charge in [-0.25, -0.2) is 0 Å². The van der Waals surface area contributed by atoms with E-state index in [1.54, 1.807) is 0 Å². The lowest BCUT2D eigenvalue weighted by atomic mass is 10.3. The number of rotatable bonds is 2. The zero-order chi connectivity index (χ0) is 6.15. The lowest BCUT2D eigenvalue weighted by Gasteiger charge is -1.87. The van der Waals surface area contributed by atoms with Crippen molar-refractivity contribution in [3.8, 4) is 0 Å². The average molecular weight is 114 g/mol. The molecule has 0 radical (unpaired) electrons. The molecule has 0 aliphatic heterocycles. The minimum atomic E-state index is -0.233. The van der Waals surface area contributed by atoms with Gasteiger partial charge in [0.2, 0.25) is 5.91 Å². The molecule has 1 aliphatic rings. The zero-order valence-corrected chi connectivity index (χ0v) is 4.63. The molecule has 3 nitrogen and oxygen atoms in total. The second kappa shape index (κ2) is 1.74. The number of carbonyl (C=O) groups excluding carboxylic acids is 1. The van der Waals surface area contributed by atoms with Gasteiger partial charge in [-0.2, -0.15) is 0 Å². The van der Waals surface area contributed by atoms with Gasteiger partial charge in [-0.05, 0) is 12.3 Å². The van der Waals surface area contributed by atoms with Gasteiger partial charge in [-0.1, -0.05) is 0 Å². The molecule has 0 aromatic heterocycles. The minimum Gasteiger partial charge on any atom is -0.370 e. The van der Waals surface area contributed by atoms with Crippen LogP contribution in [0.4, 0.5) is 0 Å². The van der Waals surface area contributed by atoms with E-state index in [4.69, 9.17) is 11.5 Å². The van der Waals surface area contributed by atoms with Crippen molar-refractivity contribution in [2.75, 3.05) is 0 Å². The van der Waals surface area contributed by atoms with Crippen LogP contribution in [0, 0.1) is 5.92 Å². The van der Waals surface area contributed by atoms with Crippen molar-refractivity contribution in [3.63, 3.8) is 0 Å². The van der Waals surface area contributed by atoms with Crippen LogP contribution in [0.3, 0.4) is 0 Å². The summed E-state index contributed by atoms with van der Waals surface area (Å²) in [5.74, 6) is 0.162. The SMILES string of the molecule is NC(=O)C[C@H]1CC1N. The first-order chi connectivity index (χ1) is 3.70. The van der Waals surface area contributed by atoms with Crippen LogP contribution in [-0.2, 0) is 4.79 Å². The summed E-state index contributed by atoms with van der Waals surface area (Å²) in [6, 6.07) is 0.252. The monoisotopic (exact) mass is 114 g/mol. The first-order valence-corrected chi connectivity index (χ1v) is 2.74. The summed E-state index contributed by atoms with van der Waals surface area (Å²) in [5.41, 5.74) is 10.3. The maximum atomic E-state index is 10.2. The van der Waals surface area contributed by atoms with Crippen molar-refractivity contribution < 1.29 is 4.79 Å². The third-order valence-corrected chi connectivity index (χ3v) is 1.44. The van der Waals surface area contributed by atoms with Crippen molar-refractivity contribution in [2.24, 2.45) is 17.4 Å². The van der Waals surface area contributed by atoms with Crippen molar-refractivity contribution in [2.45, 2.75) is 18.9 Å². The highest BCUT2D eigenvalue weighted by Crippen LogP contribution is 2.30. The molecule has 0 heterocycles. The topological polar surface area (TPSA) is 69.1 Å². The highest BCUT2D eigenvalue weighted by molar-refractivity contribution is 5.74. The Morgan fingerprint density at radius 1 is 1.75 bits per heavy atom. The van der Waals surface area contributed by atoms with Gasteiger partial charge < -0.3 is 11.5 Å². The van der Waals surface area contributed by atoms with Gasteiger partial charge in [-0.15, -0.1) is 0 Å². The van der Waals surface area contributed by atoms with Crippen molar-refractivity contribution in [3.05, 3.63) is 0 Å². The van der Waals surface area contributed by atoms with E-state index in [0.29, 0.717) is 12.3 Å². The molecule has 1 saturated carbocycles. The predicted molar refractivity (Wildman–Crippen MR) is 29.9 cm³/mol. The van der Waals surface area contributed by atoms with Crippen molar-refractivity contribution >= 4 is 5.91 Å². The third-order valence-electron chi connectivity index (χ3n) is 1.44. The summed E-state index contributed by atoms with van der Waals surface area (Å²) in [4.78, 5) is 10.2. The molecular formula is C5H10N2O. The largest absolute Gasteiger partial charge is 0.370 e. The molecule has 0 aromatic rings. The normalized spacial score (nSPS) is 34.6. The Hall–Kier alpha value is -0.570. The van der Waals surface area contributed by atoms with Crippen LogP contribution in [-0.4, -0.2) is 11.9 Å². The summed E-state index contributed by atoms with van der Waals surface area (Å²) in [6.07, 6.45) is 1.45. The summed E-state index contributed by atoms with van der Waals surface area (Å²) in [7, 11) is 0. The van der Waals surface area contributed by atoms with E-state index < -0.39 is 0 Å². The maximum absolute atomic E-state index is 10.2. The van der Waals surface area contributed by atoms with Gasteiger partial charge in [-0.3, -0.25) is 4.79 Å². The van der Waals surface area contributed by atoms with Gasteiger partial charge >= 0.3 is 0 Å². The Labute approximate surface area is 48.0 Å². The molecule has 2 atom stereocenters. The van der Waals surface area contributed by atoms with E-state index in [1.165, 1.54) is 0 Å². The van der Waals surface area contributed by atoms with E-state index in [9.17, 15) is 4.79 Å². The molecule has 46 valence electrons. The molecule has 1 fully saturated rings. The van der Waals surface area contributed by atoms with Gasteiger partial charge in [0.05, 0.1) is 0 Å². The lowest BCUT2D eigenvalue weighted by molar-refractivity contribution is -0.118. The van der Waals surface area contributed by atoms with E-state index in [0.717, 1.165) is 6.42 Å². The smallest absolute Gasteiger partial charge is 0.217 e. The fourth-order valence-electron chi connectivity index (χ4n) is 0.764. The molecule has 0 bridgehead atoms. The first kappa shape index (κ1) is 5.56. The lowest BCUT2D eigenvalue weighted by Crippen LogP contribution is -2.13. The third kappa shape index (κ3) is 1.20. The molecule has 1 amide bonds. The maximum Gasteiger partial charge on any atom is 0.217 e. The Bertz CT molecular complexity index is 113. The highest BCUT2D eigenvalue weighted by Gasteiger charge is 2.34. The molecule has 1 unspecified atom stereocenters. The van der Waals surface area contributed by atoms with Crippen LogP contribution in [0.15, 0.2) is 0 Å². The van der Waals surface area contributed by atoms with Gasteiger partial charge in [0, 0.05) is 12.5 Å². The summed E-state index contributed by atoms with van der Waals surface area (Å²) >= 11 is 0. The molecule has 0 aromatic carbocycles. The quantitative estimate of drug-likeness (QED) is 0.494. The average Bonchev–Trinajstić information content (AvgIpc) is 2.17. The fourth-order valence-corrected chi connectivity index (χ4v) is 0.764. The van der Waals surface area contributed by atoms with Gasteiger partial charge in [0.15, 0.2) is 0 Å². The van der Waals surface area contributed by atoms with Crippen molar-refractivity contribution in [1.82, 2.24) is 0 Å². The number of nitrogens with two attached hydrogens (primary N) is 2. The number of carbonyl (C=O) groups is 1. The fraction of sp³-hybridized carbons (Fsp3) is 0.800. The molecule has 0 saturated heterocycles. The molecule has 1 aliphatic carbocycles. The van der Waals surface area contributed by atoms with Crippen LogP contribution >= 0.6 is 0 Å². The Morgan fingerprint density at radius 2 is 2.25 bits per heavy atom. The van der Waals surface area contributed by atoms with Crippen LogP contribution in [0.1, 0.15) is 12.8 Å². The molecule has 1 rings (SSSR count). The van der Waals surface area contributed by atoms with Gasteiger partial charge in [0.1, 0.15) is 0 Å². The van der Waals surface area contributed by atoms with Crippen molar-refractivity contribution in [1.29, 1.82) is 0 Å². The second-order valence-electron chi connectivity index (χ2n) is 2.33. The minimum absolute atomic E-state index is 0.233. The van der Waals surface area contributed by atoms with Crippen LogP contribution in [0.25, 0.3) is 0 Å². The molecule has 8 heavy (non-hydrogen) atoms. The summed E-state index contributed by atoms with van der Waals surface area (Å²) in [6.45, 7) is 0. The van der Waals surface area contributed by atoms with E-state index in [2.05, 4.69) is 0 Å². The molecule has 0 spiro atoms. The Kier molecular flexibility index (Phi) is 1.21. The summed E-state index contributed by atoms with van der Waals surface area (Å²) in [5, 5.41) is 0. The number of hydrogen-bond donors (Lipinski definition) is 2. The number of primary amides is 1. The number of amides is 1. The van der Waals surface area contributed by atoms with E-state index >= 15 is 0 Å². The predicted octanol–water partition coefficient (Wildman–Crippen LogP) is -0.791. The molecular weight excluding hydrogens is 104 g/mol. The Morgan fingerprint density at radius 3 is 2.38 bits per heavy atom. The van der Waals surface area contributed by atoms with Crippen LogP contribution in [0.5, 0.6) is 0 Å². The highest BCUT2D eigenvalue weighted by atomic mass is 16.1. The first-order valence-electron chi connectivity index (χ1n) is 2.74. The second-order valence-corrected chi connectivity index (χ2v) is 2.33. The van der Waals surface area contributed by atoms with Crippen LogP contribution < -0.4 is 11.5 Å².